The first kappa shape index (κ1) is 16.3. The number of para-hydroxylation sites is 2. The molecule has 1 fully saturated rings. The van der Waals surface area contributed by atoms with Gasteiger partial charge < -0.3 is 20.1 Å². The van der Waals surface area contributed by atoms with Crippen molar-refractivity contribution in [2.24, 2.45) is 5.92 Å². The van der Waals surface area contributed by atoms with E-state index in [9.17, 15) is 4.79 Å². The molecule has 0 bridgehead atoms. The Balaban J connectivity index is 1.61. The number of ether oxygens (including phenoxy) is 2. The second-order valence-electron chi connectivity index (χ2n) is 5.79. The Morgan fingerprint density at radius 2 is 1.71 bits per heavy atom. The summed E-state index contributed by atoms with van der Waals surface area (Å²) in [4.78, 5) is 12.2. The first-order valence-electron chi connectivity index (χ1n) is 8.19. The Bertz CT molecular complexity index is 679. The summed E-state index contributed by atoms with van der Waals surface area (Å²) in [6.45, 7) is 1.81. The van der Waals surface area contributed by atoms with Crippen molar-refractivity contribution in [2.75, 3.05) is 25.5 Å². The van der Waals surface area contributed by atoms with E-state index >= 15 is 0 Å². The predicted molar refractivity (Wildman–Crippen MR) is 93.7 cm³/mol. The minimum Gasteiger partial charge on any atom is -0.493 e. The van der Waals surface area contributed by atoms with Crippen molar-refractivity contribution >= 4 is 11.6 Å². The van der Waals surface area contributed by atoms with E-state index in [1.807, 2.05) is 48.5 Å². The highest BCUT2D eigenvalue weighted by Crippen LogP contribution is 2.31. The molecule has 24 heavy (non-hydrogen) atoms. The lowest BCUT2D eigenvalue weighted by Crippen LogP contribution is -2.34. The molecule has 1 amide bonds. The lowest BCUT2D eigenvalue weighted by molar-refractivity contribution is -0.120. The van der Waals surface area contributed by atoms with Crippen molar-refractivity contribution in [1.29, 1.82) is 0 Å². The van der Waals surface area contributed by atoms with Gasteiger partial charge in [0.25, 0.3) is 0 Å². The maximum Gasteiger partial charge on any atom is 0.227 e. The summed E-state index contributed by atoms with van der Waals surface area (Å²) in [6, 6.07) is 14.9. The number of rotatable bonds is 5. The smallest absolute Gasteiger partial charge is 0.227 e. The number of hydrogen-bond acceptors (Lipinski definition) is 4. The van der Waals surface area contributed by atoms with Crippen molar-refractivity contribution in [3.63, 3.8) is 0 Å². The van der Waals surface area contributed by atoms with Crippen molar-refractivity contribution in [3.8, 4) is 17.2 Å². The van der Waals surface area contributed by atoms with Crippen LogP contribution >= 0.6 is 0 Å². The van der Waals surface area contributed by atoms with Crippen LogP contribution in [0.4, 0.5) is 5.69 Å². The van der Waals surface area contributed by atoms with Gasteiger partial charge in [0.2, 0.25) is 5.91 Å². The average molecular weight is 326 g/mol. The number of hydrogen-bond donors (Lipinski definition) is 2. The van der Waals surface area contributed by atoms with Crippen LogP contribution in [0.3, 0.4) is 0 Å². The van der Waals surface area contributed by atoms with E-state index in [0.717, 1.165) is 31.6 Å². The third-order valence-corrected chi connectivity index (χ3v) is 4.13. The van der Waals surface area contributed by atoms with Gasteiger partial charge in [-0.05, 0) is 62.3 Å². The fourth-order valence-electron chi connectivity index (χ4n) is 2.76. The van der Waals surface area contributed by atoms with Gasteiger partial charge in [-0.2, -0.15) is 0 Å². The van der Waals surface area contributed by atoms with Crippen molar-refractivity contribution in [2.45, 2.75) is 12.8 Å². The largest absolute Gasteiger partial charge is 0.493 e. The first-order chi connectivity index (χ1) is 11.8. The van der Waals surface area contributed by atoms with E-state index in [1.165, 1.54) is 0 Å². The summed E-state index contributed by atoms with van der Waals surface area (Å²) in [5.41, 5.74) is 0.783. The van der Waals surface area contributed by atoms with Crippen LogP contribution in [-0.2, 0) is 4.79 Å². The SMILES string of the molecule is COc1ccccc1Oc1ccc(NC(=O)C2CCNCC2)cc1. The predicted octanol–water partition coefficient (Wildman–Crippen LogP) is 3.43. The van der Waals surface area contributed by atoms with Crippen molar-refractivity contribution in [1.82, 2.24) is 5.32 Å². The summed E-state index contributed by atoms with van der Waals surface area (Å²) < 4.78 is 11.1. The zero-order chi connectivity index (χ0) is 16.8. The number of benzene rings is 2. The van der Waals surface area contributed by atoms with Crippen molar-refractivity contribution in [3.05, 3.63) is 48.5 Å². The minimum atomic E-state index is 0.0925. The number of amides is 1. The van der Waals surface area contributed by atoms with Gasteiger partial charge in [0.15, 0.2) is 11.5 Å². The molecule has 0 atom stereocenters. The van der Waals surface area contributed by atoms with Gasteiger partial charge in [-0.15, -0.1) is 0 Å². The second-order valence-corrected chi connectivity index (χ2v) is 5.79. The Morgan fingerprint density at radius 1 is 1.04 bits per heavy atom. The summed E-state index contributed by atoms with van der Waals surface area (Å²) in [6.07, 6.45) is 1.78. The highest BCUT2D eigenvalue weighted by Gasteiger charge is 2.20. The topological polar surface area (TPSA) is 59.6 Å². The standard InChI is InChI=1S/C19H22N2O3/c1-23-17-4-2-3-5-18(17)24-16-8-6-15(7-9-16)21-19(22)14-10-12-20-13-11-14/h2-9,14,20H,10-13H2,1H3,(H,21,22). The highest BCUT2D eigenvalue weighted by atomic mass is 16.5. The molecular weight excluding hydrogens is 304 g/mol. The van der Waals surface area contributed by atoms with E-state index in [0.29, 0.717) is 17.2 Å². The maximum absolute atomic E-state index is 12.2. The molecule has 1 saturated heterocycles. The van der Waals surface area contributed by atoms with E-state index < -0.39 is 0 Å². The average Bonchev–Trinajstić information content (AvgIpc) is 2.64. The zero-order valence-electron chi connectivity index (χ0n) is 13.7. The number of anilines is 1. The van der Waals surface area contributed by atoms with Crippen LogP contribution in [0.2, 0.25) is 0 Å². The number of carbonyl (C=O) groups excluding carboxylic acids is 1. The molecule has 126 valence electrons. The third kappa shape index (κ3) is 4.06. The van der Waals surface area contributed by atoms with E-state index in [1.54, 1.807) is 7.11 Å². The van der Waals surface area contributed by atoms with Gasteiger partial charge in [-0.25, -0.2) is 0 Å². The molecule has 0 unspecified atom stereocenters. The fourth-order valence-corrected chi connectivity index (χ4v) is 2.76. The summed E-state index contributed by atoms with van der Waals surface area (Å²) in [7, 11) is 1.61. The molecule has 0 aliphatic carbocycles. The lowest BCUT2D eigenvalue weighted by Gasteiger charge is -2.21. The molecule has 5 nitrogen and oxygen atoms in total. The molecule has 1 aliphatic heterocycles. The summed E-state index contributed by atoms with van der Waals surface area (Å²) in [5, 5.41) is 6.24. The molecule has 2 N–H and O–H groups in total. The minimum absolute atomic E-state index is 0.0925. The molecule has 3 rings (SSSR count). The number of carbonyl (C=O) groups is 1. The Morgan fingerprint density at radius 3 is 2.38 bits per heavy atom. The summed E-state index contributed by atoms with van der Waals surface area (Å²) in [5.74, 6) is 2.22. The molecule has 5 heteroatoms. The number of piperidine rings is 1. The molecule has 2 aromatic rings. The molecule has 0 radical (unpaired) electrons. The monoisotopic (exact) mass is 326 g/mol. The van der Waals surface area contributed by atoms with Crippen LogP contribution in [0.15, 0.2) is 48.5 Å². The Kier molecular flexibility index (Phi) is 5.33. The number of nitrogens with one attached hydrogen (secondary N) is 2. The van der Waals surface area contributed by atoms with Gasteiger partial charge in [0.05, 0.1) is 7.11 Å². The summed E-state index contributed by atoms with van der Waals surface area (Å²) >= 11 is 0. The Hall–Kier alpha value is -2.53. The molecule has 0 aromatic heterocycles. The lowest BCUT2D eigenvalue weighted by atomic mass is 9.97. The van der Waals surface area contributed by atoms with Crippen LogP contribution in [0.5, 0.6) is 17.2 Å². The molecule has 0 spiro atoms. The van der Waals surface area contributed by atoms with Crippen LogP contribution < -0.4 is 20.1 Å². The van der Waals surface area contributed by atoms with Gasteiger partial charge in [-0.1, -0.05) is 12.1 Å². The van der Waals surface area contributed by atoms with Gasteiger partial charge in [-0.3, -0.25) is 4.79 Å². The first-order valence-corrected chi connectivity index (χ1v) is 8.19. The van der Waals surface area contributed by atoms with E-state index in [2.05, 4.69) is 10.6 Å². The quantitative estimate of drug-likeness (QED) is 0.884. The van der Waals surface area contributed by atoms with Crippen LogP contribution in [-0.4, -0.2) is 26.1 Å². The number of methoxy groups -OCH3 is 1. The normalized spacial score (nSPS) is 14.9. The molecule has 1 aliphatic rings. The van der Waals surface area contributed by atoms with Crippen LogP contribution in [0.1, 0.15) is 12.8 Å². The van der Waals surface area contributed by atoms with Gasteiger partial charge >= 0.3 is 0 Å². The highest BCUT2D eigenvalue weighted by molar-refractivity contribution is 5.92. The molecular formula is C19H22N2O3. The van der Waals surface area contributed by atoms with Crippen LogP contribution in [0.25, 0.3) is 0 Å². The zero-order valence-corrected chi connectivity index (χ0v) is 13.7. The van der Waals surface area contributed by atoms with E-state index in [4.69, 9.17) is 9.47 Å². The van der Waals surface area contributed by atoms with Gasteiger partial charge in [0.1, 0.15) is 5.75 Å². The maximum atomic E-state index is 12.2. The molecule has 0 saturated carbocycles. The van der Waals surface area contributed by atoms with Gasteiger partial charge in [0, 0.05) is 11.6 Å². The third-order valence-electron chi connectivity index (χ3n) is 4.13. The molecule has 1 heterocycles. The van der Waals surface area contributed by atoms with E-state index in [-0.39, 0.29) is 11.8 Å². The Labute approximate surface area is 142 Å². The van der Waals surface area contributed by atoms with Crippen LogP contribution in [0, 0.1) is 5.92 Å². The van der Waals surface area contributed by atoms with Crippen molar-refractivity contribution < 1.29 is 14.3 Å². The second kappa shape index (κ2) is 7.84. The fraction of sp³-hybridized carbons (Fsp3) is 0.316. The molecule has 2 aromatic carbocycles.